The van der Waals surface area contributed by atoms with Gasteiger partial charge in [0.05, 0.1) is 10.5 Å². The van der Waals surface area contributed by atoms with Crippen LogP contribution in [-0.2, 0) is 0 Å². The number of aromatic nitrogens is 1. The lowest BCUT2D eigenvalue weighted by Crippen LogP contribution is -2.10. The minimum Gasteiger partial charge on any atom is -0.451 e. The molecule has 0 saturated heterocycles. The second-order valence-electron chi connectivity index (χ2n) is 7.46. The number of para-hydroxylation sites is 1. The number of furan rings is 1. The number of carbonyl (C=O) groups excluding carboxylic acids is 1. The Labute approximate surface area is 187 Å². The lowest BCUT2D eigenvalue weighted by Gasteiger charge is -2.04. The maximum atomic E-state index is 12.6. The Hall–Kier alpha value is -4.72. The van der Waals surface area contributed by atoms with Crippen molar-refractivity contribution in [3.05, 3.63) is 100 Å². The second kappa shape index (κ2) is 8.08. The van der Waals surface area contributed by atoms with E-state index in [0.29, 0.717) is 22.7 Å². The average molecular weight is 439 g/mol. The molecule has 0 bridgehead atoms. The molecular formula is C25H17N3O5. The van der Waals surface area contributed by atoms with Crippen LogP contribution >= 0.6 is 0 Å². The van der Waals surface area contributed by atoms with Crippen molar-refractivity contribution in [1.29, 1.82) is 0 Å². The fourth-order valence-corrected chi connectivity index (χ4v) is 3.50. The summed E-state index contributed by atoms with van der Waals surface area (Å²) in [5, 5.41) is 14.0. The number of hydrogen-bond donors (Lipinski definition) is 1. The number of hydrogen-bond acceptors (Lipinski definition) is 6. The highest BCUT2D eigenvalue weighted by atomic mass is 16.6. The molecule has 8 nitrogen and oxygen atoms in total. The molecule has 0 unspecified atom stereocenters. The number of nitro groups is 1. The third kappa shape index (κ3) is 3.97. The van der Waals surface area contributed by atoms with E-state index in [0.717, 1.165) is 16.6 Å². The summed E-state index contributed by atoms with van der Waals surface area (Å²) in [4.78, 5) is 27.9. The number of nitrogens with one attached hydrogen (secondary N) is 1. The minimum atomic E-state index is -0.489. The Morgan fingerprint density at radius 1 is 0.970 bits per heavy atom. The molecule has 162 valence electrons. The Morgan fingerprint density at radius 3 is 2.55 bits per heavy atom. The van der Waals surface area contributed by atoms with Gasteiger partial charge in [0.15, 0.2) is 11.3 Å². The lowest BCUT2D eigenvalue weighted by atomic mass is 10.1. The third-order valence-electron chi connectivity index (χ3n) is 5.13. The quantitative estimate of drug-likeness (QED) is 0.257. The monoisotopic (exact) mass is 439 g/mol. The van der Waals surface area contributed by atoms with E-state index < -0.39 is 10.8 Å². The zero-order valence-electron chi connectivity index (χ0n) is 17.4. The Bertz CT molecular complexity index is 1500. The number of fused-ring (bicyclic) bond motifs is 1. The Kier molecular flexibility index (Phi) is 4.95. The molecule has 3 aromatic carbocycles. The number of anilines is 1. The van der Waals surface area contributed by atoms with E-state index in [1.165, 1.54) is 18.2 Å². The van der Waals surface area contributed by atoms with E-state index in [-0.39, 0.29) is 17.2 Å². The van der Waals surface area contributed by atoms with Crippen LogP contribution in [0.1, 0.15) is 16.1 Å². The third-order valence-corrected chi connectivity index (χ3v) is 5.13. The van der Waals surface area contributed by atoms with Crippen molar-refractivity contribution in [2.24, 2.45) is 0 Å². The van der Waals surface area contributed by atoms with Gasteiger partial charge in [0, 0.05) is 17.3 Å². The van der Waals surface area contributed by atoms with Crippen LogP contribution in [0, 0.1) is 17.0 Å². The molecule has 1 amide bonds. The normalized spacial score (nSPS) is 10.9. The number of rotatable bonds is 5. The number of amides is 1. The van der Waals surface area contributed by atoms with Crippen LogP contribution in [0.4, 0.5) is 11.4 Å². The molecule has 33 heavy (non-hydrogen) atoms. The molecule has 0 aliphatic heterocycles. The van der Waals surface area contributed by atoms with E-state index >= 15 is 0 Å². The van der Waals surface area contributed by atoms with Gasteiger partial charge < -0.3 is 14.2 Å². The Morgan fingerprint density at radius 2 is 1.76 bits per heavy atom. The van der Waals surface area contributed by atoms with Gasteiger partial charge in [-0.25, -0.2) is 4.98 Å². The number of oxazole rings is 1. The predicted molar refractivity (Wildman–Crippen MR) is 123 cm³/mol. The van der Waals surface area contributed by atoms with E-state index in [2.05, 4.69) is 10.3 Å². The van der Waals surface area contributed by atoms with E-state index in [1.807, 2.05) is 25.1 Å². The van der Waals surface area contributed by atoms with Gasteiger partial charge in [-0.2, -0.15) is 0 Å². The zero-order valence-corrected chi connectivity index (χ0v) is 17.4. The van der Waals surface area contributed by atoms with Crippen LogP contribution in [0.3, 0.4) is 0 Å². The maximum absolute atomic E-state index is 12.6. The SMILES string of the molecule is Cc1ccc2oc(-c3ccc(NC(=O)c4ccc(-c5ccccc5[N+](=O)[O-])o4)cc3)nc2c1. The summed E-state index contributed by atoms with van der Waals surface area (Å²) >= 11 is 0. The maximum Gasteiger partial charge on any atom is 0.291 e. The average Bonchev–Trinajstić information content (AvgIpc) is 3.47. The van der Waals surface area contributed by atoms with Gasteiger partial charge in [-0.1, -0.05) is 18.2 Å². The highest BCUT2D eigenvalue weighted by molar-refractivity contribution is 6.02. The summed E-state index contributed by atoms with van der Waals surface area (Å²) in [7, 11) is 0. The van der Waals surface area contributed by atoms with Crippen LogP contribution in [0.5, 0.6) is 0 Å². The van der Waals surface area contributed by atoms with Gasteiger partial charge in [-0.05, 0) is 67.1 Å². The number of nitro benzene ring substituents is 1. The van der Waals surface area contributed by atoms with Gasteiger partial charge in [-0.3, -0.25) is 14.9 Å². The topological polar surface area (TPSA) is 111 Å². The molecule has 0 fully saturated rings. The zero-order chi connectivity index (χ0) is 22.9. The smallest absolute Gasteiger partial charge is 0.291 e. The molecule has 5 aromatic rings. The largest absolute Gasteiger partial charge is 0.451 e. The summed E-state index contributed by atoms with van der Waals surface area (Å²) in [6.45, 7) is 1.99. The summed E-state index contributed by atoms with van der Waals surface area (Å²) in [5.74, 6) is 0.314. The fourth-order valence-electron chi connectivity index (χ4n) is 3.50. The second-order valence-corrected chi connectivity index (χ2v) is 7.46. The molecular weight excluding hydrogens is 422 g/mol. The molecule has 5 rings (SSSR count). The molecule has 1 N–H and O–H groups in total. The number of aryl methyl sites for hydroxylation is 1. The van der Waals surface area contributed by atoms with Crippen molar-refractivity contribution in [1.82, 2.24) is 4.98 Å². The highest BCUT2D eigenvalue weighted by Gasteiger charge is 2.19. The molecule has 0 saturated carbocycles. The van der Waals surface area contributed by atoms with Crippen LogP contribution < -0.4 is 5.32 Å². The molecule has 0 atom stereocenters. The Balaban J connectivity index is 1.33. The molecule has 2 heterocycles. The molecule has 0 aliphatic carbocycles. The number of carbonyl (C=O) groups is 1. The van der Waals surface area contributed by atoms with Crippen molar-refractivity contribution in [2.45, 2.75) is 6.92 Å². The fraction of sp³-hybridized carbons (Fsp3) is 0.0400. The summed E-state index contributed by atoms with van der Waals surface area (Å²) < 4.78 is 11.4. The first-order chi connectivity index (χ1) is 16.0. The van der Waals surface area contributed by atoms with Crippen molar-refractivity contribution >= 4 is 28.4 Å². The predicted octanol–water partition coefficient (Wildman–Crippen LogP) is 6.22. The number of nitrogens with zero attached hydrogens (tertiary/aromatic N) is 2. The van der Waals surface area contributed by atoms with Crippen molar-refractivity contribution in [2.75, 3.05) is 5.32 Å². The summed E-state index contributed by atoms with van der Waals surface area (Å²) in [6, 6.07) is 22.1. The van der Waals surface area contributed by atoms with Crippen LogP contribution in [-0.4, -0.2) is 15.8 Å². The number of benzene rings is 3. The first kappa shape index (κ1) is 20.2. The lowest BCUT2D eigenvalue weighted by molar-refractivity contribution is -0.384. The summed E-state index contributed by atoms with van der Waals surface area (Å²) in [5.41, 5.74) is 4.14. The molecule has 2 aromatic heterocycles. The first-order valence-corrected chi connectivity index (χ1v) is 10.1. The standard InChI is InChI=1S/C25H17N3O5/c1-15-6-11-22-19(14-15)27-25(33-22)16-7-9-17(10-8-16)26-24(29)23-13-12-21(32-23)18-4-2-3-5-20(18)28(30)31/h2-14H,1H3,(H,26,29). The summed E-state index contributed by atoms with van der Waals surface area (Å²) in [6.07, 6.45) is 0. The van der Waals surface area contributed by atoms with Gasteiger partial charge >= 0.3 is 0 Å². The van der Waals surface area contributed by atoms with E-state index in [1.54, 1.807) is 42.5 Å². The van der Waals surface area contributed by atoms with Gasteiger partial charge in [-0.15, -0.1) is 0 Å². The van der Waals surface area contributed by atoms with E-state index in [9.17, 15) is 14.9 Å². The highest BCUT2D eigenvalue weighted by Crippen LogP contribution is 2.31. The first-order valence-electron chi connectivity index (χ1n) is 10.1. The van der Waals surface area contributed by atoms with Crippen molar-refractivity contribution < 1.29 is 18.6 Å². The molecule has 8 heteroatoms. The van der Waals surface area contributed by atoms with Gasteiger partial charge in [0.2, 0.25) is 5.89 Å². The van der Waals surface area contributed by atoms with Gasteiger partial charge in [0.25, 0.3) is 11.6 Å². The van der Waals surface area contributed by atoms with Crippen LogP contribution in [0.15, 0.2) is 87.7 Å². The van der Waals surface area contributed by atoms with Gasteiger partial charge in [0.1, 0.15) is 11.3 Å². The molecule has 0 aliphatic rings. The van der Waals surface area contributed by atoms with Crippen molar-refractivity contribution in [3.8, 4) is 22.8 Å². The molecule has 0 spiro atoms. The minimum absolute atomic E-state index is 0.0431. The van der Waals surface area contributed by atoms with Crippen molar-refractivity contribution in [3.63, 3.8) is 0 Å². The van der Waals surface area contributed by atoms with E-state index in [4.69, 9.17) is 8.83 Å². The van der Waals surface area contributed by atoms with Crippen LogP contribution in [0.2, 0.25) is 0 Å². The molecule has 0 radical (unpaired) electrons. The van der Waals surface area contributed by atoms with Crippen LogP contribution in [0.25, 0.3) is 33.9 Å².